The molecular weight excluding hydrogens is 352 g/mol. The van der Waals surface area contributed by atoms with Crippen LogP contribution in [0, 0.1) is 5.92 Å². The molecule has 0 spiro atoms. The van der Waals surface area contributed by atoms with Crippen LogP contribution in [0.15, 0.2) is 36.0 Å². The second-order valence-electron chi connectivity index (χ2n) is 7.89. The topological polar surface area (TPSA) is 97.9 Å². The van der Waals surface area contributed by atoms with Crippen molar-refractivity contribution in [1.29, 1.82) is 0 Å². The minimum absolute atomic E-state index is 0.177. The van der Waals surface area contributed by atoms with Gasteiger partial charge in [-0.1, -0.05) is 19.2 Å². The second kappa shape index (κ2) is 6.02. The van der Waals surface area contributed by atoms with E-state index in [4.69, 9.17) is 18.9 Å². The zero-order valence-electron chi connectivity index (χ0n) is 15.6. The minimum Gasteiger partial charge on any atom is -0.458 e. The maximum absolute atomic E-state index is 12.4. The summed E-state index contributed by atoms with van der Waals surface area (Å²) < 4.78 is 22.8. The molecule has 4 rings (SSSR count). The van der Waals surface area contributed by atoms with Gasteiger partial charge in [0.2, 0.25) is 0 Å². The van der Waals surface area contributed by atoms with Crippen LogP contribution in [0.3, 0.4) is 0 Å². The molecule has 27 heavy (non-hydrogen) atoms. The summed E-state index contributed by atoms with van der Waals surface area (Å²) >= 11 is 0. The molecule has 3 heterocycles. The van der Waals surface area contributed by atoms with Gasteiger partial charge >= 0.3 is 11.9 Å². The van der Waals surface area contributed by atoms with Crippen molar-refractivity contribution in [2.24, 2.45) is 5.92 Å². The van der Waals surface area contributed by atoms with Crippen molar-refractivity contribution in [3.8, 4) is 0 Å². The Kier molecular flexibility index (Phi) is 4.10. The van der Waals surface area contributed by atoms with Gasteiger partial charge in [-0.2, -0.15) is 0 Å². The van der Waals surface area contributed by atoms with Crippen LogP contribution >= 0.6 is 0 Å². The van der Waals surface area contributed by atoms with E-state index in [1.807, 2.05) is 6.92 Å². The number of ether oxygens (including phenoxy) is 4. The molecule has 1 N–H and O–H groups in total. The quantitative estimate of drug-likeness (QED) is 0.335. The zero-order chi connectivity index (χ0) is 19.7. The van der Waals surface area contributed by atoms with Crippen LogP contribution in [0.25, 0.3) is 0 Å². The van der Waals surface area contributed by atoms with Crippen molar-refractivity contribution in [3.05, 3.63) is 36.0 Å². The summed E-state index contributed by atoms with van der Waals surface area (Å²) in [6, 6.07) is 0. The Bertz CT molecular complexity index is 768. The highest BCUT2D eigenvalue weighted by molar-refractivity contribution is 5.91. The van der Waals surface area contributed by atoms with E-state index in [-0.39, 0.29) is 18.1 Å². The van der Waals surface area contributed by atoms with E-state index < -0.39 is 54.0 Å². The Balaban J connectivity index is 1.69. The summed E-state index contributed by atoms with van der Waals surface area (Å²) in [5, 5.41) is 10.6. The molecule has 146 valence electrons. The normalized spacial score (nSPS) is 46.0. The maximum Gasteiger partial charge on any atom is 0.334 e. The molecule has 0 amide bonds. The molecule has 3 saturated heterocycles. The molecule has 1 saturated carbocycles. The summed E-state index contributed by atoms with van der Waals surface area (Å²) in [4.78, 5) is 24.6. The lowest BCUT2D eigenvalue weighted by Gasteiger charge is -2.29. The largest absolute Gasteiger partial charge is 0.458 e. The molecule has 0 aromatic heterocycles. The monoisotopic (exact) mass is 376 g/mol. The lowest BCUT2D eigenvalue weighted by molar-refractivity contribution is -0.148. The molecule has 4 aliphatic rings. The molecule has 3 aliphatic heterocycles. The van der Waals surface area contributed by atoms with Crippen molar-refractivity contribution >= 4 is 11.9 Å². The van der Waals surface area contributed by atoms with Crippen molar-refractivity contribution in [1.82, 2.24) is 0 Å². The number of carbonyl (C=O) groups is 2. The lowest BCUT2D eigenvalue weighted by Crippen LogP contribution is -2.41. The number of rotatable bonds is 2. The first kappa shape index (κ1) is 18.4. The number of hydrogen-bond acceptors (Lipinski definition) is 7. The average molecular weight is 376 g/mol. The van der Waals surface area contributed by atoms with Gasteiger partial charge in [-0.3, -0.25) is 0 Å². The Morgan fingerprint density at radius 3 is 2.70 bits per heavy atom. The van der Waals surface area contributed by atoms with E-state index in [2.05, 4.69) is 13.2 Å². The summed E-state index contributed by atoms with van der Waals surface area (Å²) in [6.07, 6.45) is -1.54. The van der Waals surface area contributed by atoms with Gasteiger partial charge in [0.05, 0.1) is 5.92 Å². The predicted molar refractivity (Wildman–Crippen MR) is 93.5 cm³/mol. The summed E-state index contributed by atoms with van der Waals surface area (Å²) in [7, 11) is 0. The average Bonchev–Trinajstić information content (AvgIpc) is 3.52. The van der Waals surface area contributed by atoms with Gasteiger partial charge in [0.15, 0.2) is 0 Å². The molecule has 7 heteroatoms. The first-order chi connectivity index (χ1) is 12.7. The molecule has 1 aliphatic carbocycles. The molecule has 8 atom stereocenters. The van der Waals surface area contributed by atoms with E-state index in [1.54, 1.807) is 19.9 Å². The number of esters is 2. The highest BCUT2D eigenvalue weighted by atomic mass is 16.7. The fraction of sp³-hybridized carbons (Fsp3) is 0.600. The standard InChI is InChI=1S/C20H24O7/c1-6-8(2)18(22)24-11-7-9(3)13(21)15-16(25-15)20(5)17(27-20)14-12(11)10(4)19(23)26-14/h6,11-17,21H,3-4,7H2,1-2,5H3/b8-6-/t11-,12-,13+,14+,15+,16+,17-,20-/m1/s1. The smallest absolute Gasteiger partial charge is 0.334 e. The van der Waals surface area contributed by atoms with Gasteiger partial charge in [0.1, 0.15) is 42.2 Å². The fourth-order valence-electron chi connectivity index (χ4n) is 4.18. The maximum atomic E-state index is 12.4. The number of aliphatic hydroxyl groups excluding tert-OH is 1. The molecule has 0 unspecified atom stereocenters. The van der Waals surface area contributed by atoms with Gasteiger partial charge in [0, 0.05) is 17.6 Å². The molecule has 0 bridgehead atoms. The van der Waals surface area contributed by atoms with Crippen LogP contribution < -0.4 is 0 Å². The van der Waals surface area contributed by atoms with Crippen LogP contribution in [-0.2, 0) is 28.5 Å². The third-order valence-corrected chi connectivity index (χ3v) is 6.15. The fourth-order valence-corrected chi connectivity index (χ4v) is 4.18. The molecule has 0 aromatic carbocycles. The molecule has 0 radical (unpaired) electrons. The Hall–Kier alpha value is -1.96. The van der Waals surface area contributed by atoms with E-state index in [0.29, 0.717) is 11.1 Å². The molecule has 4 fully saturated rings. The minimum atomic E-state index is -0.900. The van der Waals surface area contributed by atoms with Crippen LogP contribution in [0.1, 0.15) is 27.2 Å². The van der Waals surface area contributed by atoms with Gasteiger partial charge in [0.25, 0.3) is 0 Å². The second-order valence-corrected chi connectivity index (χ2v) is 7.89. The van der Waals surface area contributed by atoms with E-state index >= 15 is 0 Å². The predicted octanol–water partition coefficient (Wildman–Crippen LogP) is 1.21. The molecule has 0 aromatic rings. The number of allylic oxidation sites excluding steroid dienone is 1. The first-order valence-corrected chi connectivity index (χ1v) is 9.11. The van der Waals surface area contributed by atoms with Gasteiger partial charge in [-0.15, -0.1) is 0 Å². The third kappa shape index (κ3) is 2.76. The number of epoxide rings is 2. The Labute approximate surface area is 157 Å². The first-order valence-electron chi connectivity index (χ1n) is 9.11. The Morgan fingerprint density at radius 1 is 1.33 bits per heavy atom. The van der Waals surface area contributed by atoms with Crippen LogP contribution in [0.4, 0.5) is 0 Å². The summed E-state index contributed by atoms with van der Waals surface area (Å²) in [5.74, 6) is -1.59. The SMILES string of the molecule is C=C1C(=O)O[C@H]2[C@H]1[C@H](OC(=O)/C(C)=C\C)CC(=C)[C@H](O)[C@@H]1O[C@@H]1[C@@]1(C)O[C@H]21. The number of hydrogen-bond donors (Lipinski definition) is 1. The van der Waals surface area contributed by atoms with E-state index in [0.717, 1.165) is 0 Å². The summed E-state index contributed by atoms with van der Waals surface area (Å²) in [5.41, 5.74) is 0.505. The van der Waals surface area contributed by atoms with Crippen LogP contribution in [0.2, 0.25) is 0 Å². The molecular formula is C20H24O7. The van der Waals surface area contributed by atoms with Crippen molar-refractivity contribution in [2.75, 3.05) is 0 Å². The van der Waals surface area contributed by atoms with Crippen molar-refractivity contribution < 1.29 is 33.6 Å². The number of fused-ring (bicyclic) bond motifs is 5. The van der Waals surface area contributed by atoms with E-state index in [9.17, 15) is 14.7 Å². The van der Waals surface area contributed by atoms with Crippen LogP contribution in [-0.4, -0.2) is 59.3 Å². The Morgan fingerprint density at radius 2 is 2.04 bits per heavy atom. The van der Waals surface area contributed by atoms with E-state index in [1.165, 1.54) is 0 Å². The van der Waals surface area contributed by atoms with Crippen molar-refractivity contribution in [3.63, 3.8) is 0 Å². The number of aliphatic hydroxyl groups is 1. The third-order valence-electron chi connectivity index (χ3n) is 6.15. The molecule has 7 nitrogen and oxygen atoms in total. The zero-order valence-corrected chi connectivity index (χ0v) is 15.6. The summed E-state index contributed by atoms with van der Waals surface area (Å²) in [6.45, 7) is 13.1. The highest BCUT2D eigenvalue weighted by Crippen LogP contribution is 2.56. The highest BCUT2D eigenvalue weighted by Gasteiger charge is 2.74. The van der Waals surface area contributed by atoms with Gasteiger partial charge in [-0.25, -0.2) is 9.59 Å². The van der Waals surface area contributed by atoms with Crippen LogP contribution in [0.5, 0.6) is 0 Å². The van der Waals surface area contributed by atoms with Crippen molar-refractivity contribution in [2.45, 2.75) is 69.4 Å². The van der Waals surface area contributed by atoms with Gasteiger partial charge in [-0.05, 0) is 26.3 Å². The number of carbonyl (C=O) groups excluding carboxylic acids is 2. The van der Waals surface area contributed by atoms with Gasteiger partial charge < -0.3 is 24.1 Å². The lowest BCUT2D eigenvalue weighted by atomic mass is 9.80.